The molecule has 1 heterocycles. The lowest BCUT2D eigenvalue weighted by Gasteiger charge is -2.06. The Morgan fingerprint density at radius 1 is 1.47 bits per heavy atom. The maximum Gasteiger partial charge on any atom is 0.350 e. The zero-order valence-corrected chi connectivity index (χ0v) is 12.3. The summed E-state index contributed by atoms with van der Waals surface area (Å²) < 4.78 is 5.18. The molecule has 0 saturated heterocycles. The average molecular weight is 317 g/mol. The Bertz CT molecular complexity index is 628. The van der Waals surface area contributed by atoms with Crippen molar-refractivity contribution in [3.8, 4) is 0 Å². The van der Waals surface area contributed by atoms with Gasteiger partial charge in [0, 0.05) is 15.6 Å². The minimum atomic E-state index is -0.460. The predicted octanol–water partition coefficient (Wildman–Crippen LogP) is 3.70. The van der Waals surface area contributed by atoms with Gasteiger partial charge in [-0.15, -0.1) is 0 Å². The second-order valence-electron chi connectivity index (χ2n) is 3.78. The van der Waals surface area contributed by atoms with Crippen molar-refractivity contribution >= 4 is 45.6 Å². The van der Waals surface area contributed by atoms with Gasteiger partial charge < -0.3 is 10.5 Å². The van der Waals surface area contributed by atoms with Crippen molar-refractivity contribution in [1.82, 2.24) is 4.98 Å². The third-order valence-electron chi connectivity index (χ3n) is 2.37. The van der Waals surface area contributed by atoms with E-state index in [9.17, 15) is 4.79 Å². The van der Waals surface area contributed by atoms with Gasteiger partial charge in [0.2, 0.25) is 0 Å². The molecule has 2 N–H and O–H groups in total. The van der Waals surface area contributed by atoms with Gasteiger partial charge in [0.25, 0.3) is 0 Å². The molecule has 1 aromatic heterocycles. The maximum atomic E-state index is 11.9. The number of ether oxygens (including phenoxy) is 1. The molecule has 100 valence electrons. The second-order valence-corrected chi connectivity index (χ2v) is 5.65. The summed E-state index contributed by atoms with van der Waals surface area (Å²) in [4.78, 5) is 16.2. The molecule has 0 spiro atoms. The first-order valence-electron chi connectivity index (χ1n) is 5.31. The van der Waals surface area contributed by atoms with E-state index < -0.39 is 5.97 Å². The van der Waals surface area contributed by atoms with E-state index in [1.807, 2.05) is 0 Å². The number of esters is 1. The number of hydrogen-bond donors (Lipinski definition) is 1. The lowest BCUT2D eigenvalue weighted by atomic mass is 10.2. The van der Waals surface area contributed by atoms with Gasteiger partial charge in [0.15, 0.2) is 5.13 Å². The fraction of sp³-hybridized carbons (Fsp3) is 0.167. The highest BCUT2D eigenvalue weighted by atomic mass is 35.5. The maximum absolute atomic E-state index is 11.9. The number of rotatable bonds is 3. The van der Waals surface area contributed by atoms with Crippen LogP contribution in [0.15, 0.2) is 18.2 Å². The Hall–Kier alpha value is -1.30. The van der Waals surface area contributed by atoms with Crippen molar-refractivity contribution in [2.24, 2.45) is 0 Å². The summed E-state index contributed by atoms with van der Waals surface area (Å²) in [5.74, 6) is -0.460. The molecular formula is C12H10Cl2N2O2S. The quantitative estimate of drug-likeness (QED) is 0.877. The monoisotopic (exact) mass is 316 g/mol. The average Bonchev–Trinajstić information content (AvgIpc) is 2.67. The molecule has 4 nitrogen and oxygen atoms in total. The lowest BCUT2D eigenvalue weighted by molar-refractivity contribution is 0.0477. The molecule has 2 aromatic rings. The van der Waals surface area contributed by atoms with Crippen LogP contribution in [-0.4, -0.2) is 11.0 Å². The Morgan fingerprint density at radius 3 is 2.79 bits per heavy atom. The summed E-state index contributed by atoms with van der Waals surface area (Å²) in [6.45, 7) is 1.78. The molecule has 0 fully saturated rings. The van der Waals surface area contributed by atoms with Gasteiger partial charge >= 0.3 is 5.97 Å². The third kappa shape index (κ3) is 3.37. The van der Waals surface area contributed by atoms with E-state index >= 15 is 0 Å². The van der Waals surface area contributed by atoms with Gasteiger partial charge in [0.1, 0.15) is 11.5 Å². The standard InChI is InChI=1S/C12H10Cl2N2O2S/c1-6-10(19-12(15)16-6)11(17)18-5-7-2-3-8(13)4-9(7)14/h2-4H,5H2,1H3,(H2,15,16). The molecule has 0 amide bonds. The number of anilines is 1. The van der Waals surface area contributed by atoms with Crippen molar-refractivity contribution < 1.29 is 9.53 Å². The van der Waals surface area contributed by atoms with Crippen LogP contribution in [0, 0.1) is 6.92 Å². The number of carbonyl (C=O) groups is 1. The van der Waals surface area contributed by atoms with Crippen molar-refractivity contribution in [2.45, 2.75) is 13.5 Å². The number of carbonyl (C=O) groups excluding carboxylic acids is 1. The number of aryl methyl sites for hydroxylation is 1. The van der Waals surface area contributed by atoms with Crippen molar-refractivity contribution in [1.29, 1.82) is 0 Å². The number of nitrogens with zero attached hydrogens (tertiary/aromatic N) is 1. The van der Waals surface area contributed by atoms with Crippen molar-refractivity contribution in [3.63, 3.8) is 0 Å². The number of aromatic nitrogens is 1. The fourth-order valence-electron chi connectivity index (χ4n) is 1.45. The Labute approximate surface area is 124 Å². The molecular weight excluding hydrogens is 307 g/mol. The van der Waals surface area contributed by atoms with Crippen LogP contribution in [0.4, 0.5) is 5.13 Å². The number of nitrogens with two attached hydrogens (primary N) is 1. The van der Waals surface area contributed by atoms with Crippen molar-refractivity contribution in [2.75, 3.05) is 5.73 Å². The molecule has 7 heteroatoms. The number of halogens is 2. The molecule has 19 heavy (non-hydrogen) atoms. The van der Waals surface area contributed by atoms with Crippen LogP contribution in [-0.2, 0) is 11.3 Å². The highest BCUT2D eigenvalue weighted by molar-refractivity contribution is 7.17. The van der Waals surface area contributed by atoms with E-state index in [4.69, 9.17) is 33.7 Å². The number of benzene rings is 1. The normalized spacial score (nSPS) is 10.5. The first-order valence-corrected chi connectivity index (χ1v) is 6.88. The van der Waals surface area contributed by atoms with E-state index in [-0.39, 0.29) is 6.61 Å². The van der Waals surface area contributed by atoms with E-state index in [2.05, 4.69) is 4.98 Å². The molecule has 0 aliphatic rings. The van der Waals surface area contributed by atoms with Crippen LogP contribution in [0.3, 0.4) is 0 Å². The van der Waals surface area contributed by atoms with Crippen LogP contribution in [0.5, 0.6) is 0 Å². The Balaban J connectivity index is 2.06. The zero-order chi connectivity index (χ0) is 14.0. The first-order chi connectivity index (χ1) is 8.97. The summed E-state index contributed by atoms with van der Waals surface area (Å²) in [7, 11) is 0. The van der Waals surface area contributed by atoms with E-state index in [0.29, 0.717) is 31.3 Å². The first kappa shape index (κ1) is 14.1. The summed E-state index contributed by atoms with van der Waals surface area (Å²) in [5.41, 5.74) is 6.78. The third-order valence-corrected chi connectivity index (χ3v) is 3.93. The number of thiazole rings is 1. The highest BCUT2D eigenvalue weighted by Gasteiger charge is 2.16. The summed E-state index contributed by atoms with van der Waals surface area (Å²) in [6.07, 6.45) is 0. The molecule has 1 aromatic carbocycles. The summed E-state index contributed by atoms with van der Waals surface area (Å²) in [6, 6.07) is 5.00. The summed E-state index contributed by atoms with van der Waals surface area (Å²) >= 11 is 12.9. The summed E-state index contributed by atoms with van der Waals surface area (Å²) in [5, 5.41) is 1.33. The molecule has 0 atom stereocenters. The van der Waals surface area contributed by atoms with Gasteiger partial charge in [-0.1, -0.05) is 40.6 Å². The SMILES string of the molecule is Cc1nc(N)sc1C(=O)OCc1ccc(Cl)cc1Cl. The van der Waals surface area contributed by atoms with E-state index in [0.717, 1.165) is 11.3 Å². The fourth-order valence-corrected chi connectivity index (χ4v) is 2.64. The van der Waals surface area contributed by atoms with Crippen LogP contribution in [0.2, 0.25) is 10.0 Å². The van der Waals surface area contributed by atoms with Gasteiger partial charge in [-0.05, 0) is 19.1 Å². The zero-order valence-electron chi connectivity index (χ0n) is 9.94. The van der Waals surface area contributed by atoms with Crippen LogP contribution in [0.25, 0.3) is 0 Å². The van der Waals surface area contributed by atoms with Gasteiger partial charge in [-0.3, -0.25) is 0 Å². The molecule has 0 radical (unpaired) electrons. The Kier molecular flexibility index (Phi) is 4.29. The minimum Gasteiger partial charge on any atom is -0.457 e. The molecule has 0 bridgehead atoms. The van der Waals surface area contributed by atoms with E-state index in [1.54, 1.807) is 25.1 Å². The molecule has 2 rings (SSSR count). The smallest absolute Gasteiger partial charge is 0.350 e. The minimum absolute atomic E-state index is 0.0755. The number of hydrogen-bond acceptors (Lipinski definition) is 5. The largest absolute Gasteiger partial charge is 0.457 e. The predicted molar refractivity (Wildman–Crippen MR) is 76.8 cm³/mol. The van der Waals surface area contributed by atoms with Gasteiger partial charge in [0.05, 0.1) is 5.69 Å². The molecule has 0 aliphatic heterocycles. The molecule has 0 unspecified atom stereocenters. The Morgan fingerprint density at radius 2 is 2.21 bits per heavy atom. The molecule has 0 aliphatic carbocycles. The van der Waals surface area contributed by atoms with Crippen molar-refractivity contribution in [3.05, 3.63) is 44.4 Å². The topological polar surface area (TPSA) is 65.2 Å². The highest BCUT2D eigenvalue weighted by Crippen LogP contribution is 2.24. The van der Waals surface area contributed by atoms with Crippen LogP contribution >= 0.6 is 34.5 Å². The van der Waals surface area contributed by atoms with Gasteiger partial charge in [-0.25, -0.2) is 9.78 Å². The van der Waals surface area contributed by atoms with Crippen LogP contribution < -0.4 is 5.73 Å². The van der Waals surface area contributed by atoms with Gasteiger partial charge in [-0.2, -0.15) is 0 Å². The number of nitrogen functional groups attached to an aromatic ring is 1. The van der Waals surface area contributed by atoms with E-state index in [1.165, 1.54) is 0 Å². The molecule has 0 saturated carbocycles. The lowest BCUT2D eigenvalue weighted by Crippen LogP contribution is -2.05. The van der Waals surface area contributed by atoms with Crippen LogP contribution in [0.1, 0.15) is 20.9 Å². The second kappa shape index (κ2) is 5.77.